The third-order valence-corrected chi connectivity index (χ3v) is 9.93. The van der Waals surface area contributed by atoms with Crippen LogP contribution >= 0.6 is 8.60 Å². The number of methoxy groups -OCH3 is 1. The summed E-state index contributed by atoms with van der Waals surface area (Å²) in [6.45, 7) is 4.92. The van der Waals surface area contributed by atoms with Gasteiger partial charge in [0.05, 0.1) is 19.8 Å². The van der Waals surface area contributed by atoms with E-state index in [1.807, 2.05) is 32.2 Å². The fourth-order valence-electron chi connectivity index (χ4n) is 5.76. The lowest BCUT2D eigenvalue weighted by molar-refractivity contribution is -0.0158. The first-order valence-corrected chi connectivity index (χ1v) is 19.9. The smallest absolute Gasteiger partial charge is 0.330 e. The molecule has 0 aliphatic heterocycles. The van der Waals surface area contributed by atoms with Crippen molar-refractivity contribution in [1.82, 2.24) is 9.55 Å². The van der Waals surface area contributed by atoms with Gasteiger partial charge in [-0.2, -0.15) is 10.5 Å². The lowest BCUT2D eigenvalue weighted by Gasteiger charge is -2.26. The predicted octanol–water partition coefficient (Wildman–Crippen LogP) is 9.42. The Bertz CT molecular complexity index is 1250. The molecule has 2 aromatic rings. The van der Waals surface area contributed by atoms with Crippen LogP contribution < -0.4 is 4.74 Å². The third kappa shape index (κ3) is 18.6. The minimum atomic E-state index is -2.33. The molecule has 0 aliphatic rings. The molecule has 0 bridgehead atoms. The molecule has 50 heavy (non-hydrogen) atoms. The van der Waals surface area contributed by atoms with Gasteiger partial charge in [-0.25, -0.2) is 4.98 Å². The van der Waals surface area contributed by atoms with Gasteiger partial charge >= 0.3 is 8.60 Å². The lowest BCUT2D eigenvalue weighted by atomic mass is 9.99. The Morgan fingerprint density at radius 1 is 0.860 bits per heavy atom. The van der Waals surface area contributed by atoms with E-state index in [1.165, 1.54) is 97.0 Å². The second-order valence-corrected chi connectivity index (χ2v) is 14.2. The van der Waals surface area contributed by atoms with E-state index in [9.17, 15) is 15.4 Å². The highest BCUT2D eigenvalue weighted by Gasteiger charge is 2.32. The summed E-state index contributed by atoms with van der Waals surface area (Å²) < 4.78 is 30.7. The molecular weight excluding hydrogens is 651 g/mol. The molecule has 3 atom stereocenters. The molecule has 0 aromatic carbocycles. The highest BCUT2D eigenvalue weighted by Crippen LogP contribution is 2.35. The largest absolute Gasteiger partial charge is 0.469 e. The van der Waals surface area contributed by atoms with Gasteiger partial charge in [0.25, 0.3) is 0 Å². The summed E-state index contributed by atoms with van der Waals surface area (Å²) in [6, 6.07) is 13.2. The number of aromatic nitrogens is 2. The number of pyridine rings is 1. The van der Waals surface area contributed by atoms with E-state index in [4.69, 9.17) is 23.3 Å². The average molecular weight is 715 g/mol. The number of rotatable bonds is 31. The van der Waals surface area contributed by atoms with Crippen molar-refractivity contribution in [3.63, 3.8) is 0 Å². The second-order valence-electron chi connectivity index (χ2n) is 13.2. The van der Waals surface area contributed by atoms with Crippen LogP contribution in [0, 0.1) is 29.6 Å². The Morgan fingerprint density at radius 2 is 1.48 bits per heavy atom. The van der Waals surface area contributed by atoms with Gasteiger partial charge in [-0.1, -0.05) is 109 Å². The predicted molar refractivity (Wildman–Crippen MR) is 199 cm³/mol. The second kappa shape index (κ2) is 27.1. The molecule has 3 unspecified atom stereocenters. The molecule has 280 valence electrons. The molecule has 11 heteroatoms. The Balaban J connectivity index is 1.67. The SMILES string of the molecule is CCCCCCCCCCCCCCCCCCOCC(COP(O)OCC(C#N)(CCc1ccc(C)n1C)OC)Oc1cccc(C#N)n1. The maximum atomic E-state index is 10.6. The first-order valence-electron chi connectivity index (χ1n) is 18.8. The Hall–Kier alpha value is -2.56. The van der Waals surface area contributed by atoms with Gasteiger partial charge in [0.15, 0.2) is 5.60 Å². The van der Waals surface area contributed by atoms with Crippen molar-refractivity contribution in [3.8, 4) is 18.0 Å². The van der Waals surface area contributed by atoms with Crippen LogP contribution in [0.1, 0.15) is 133 Å². The number of nitrogens with zero attached hydrogens (tertiary/aromatic N) is 4. The van der Waals surface area contributed by atoms with Crippen molar-refractivity contribution in [2.45, 2.75) is 141 Å². The van der Waals surface area contributed by atoms with Gasteiger partial charge in [-0.3, -0.25) is 0 Å². The van der Waals surface area contributed by atoms with E-state index in [0.29, 0.717) is 19.4 Å². The number of ether oxygens (including phenoxy) is 3. The number of hydrogen-bond donors (Lipinski definition) is 1. The van der Waals surface area contributed by atoms with Gasteiger partial charge in [-0.15, -0.1) is 0 Å². The maximum Gasteiger partial charge on any atom is 0.330 e. The molecule has 0 spiro atoms. The third-order valence-electron chi connectivity index (χ3n) is 9.21. The average Bonchev–Trinajstić information content (AvgIpc) is 3.46. The van der Waals surface area contributed by atoms with E-state index in [-0.39, 0.29) is 31.4 Å². The van der Waals surface area contributed by atoms with Crippen molar-refractivity contribution in [1.29, 1.82) is 10.5 Å². The van der Waals surface area contributed by atoms with Crippen molar-refractivity contribution < 1.29 is 28.2 Å². The monoisotopic (exact) mass is 714 g/mol. The van der Waals surface area contributed by atoms with Crippen LogP contribution in [0.3, 0.4) is 0 Å². The maximum absolute atomic E-state index is 10.6. The fraction of sp³-hybridized carbons (Fsp3) is 0.718. The van der Waals surface area contributed by atoms with Crippen molar-refractivity contribution >= 4 is 8.60 Å². The topological polar surface area (TPSA) is 132 Å². The van der Waals surface area contributed by atoms with Gasteiger partial charge in [-0.05, 0) is 44.4 Å². The zero-order valence-electron chi connectivity index (χ0n) is 31.2. The van der Waals surface area contributed by atoms with Crippen LogP contribution in [0.2, 0.25) is 0 Å². The molecule has 0 aliphatic carbocycles. The summed E-state index contributed by atoms with van der Waals surface area (Å²) in [5.74, 6) is 0.269. The zero-order chi connectivity index (χ0) is 36.3. The molecule has 0 saturated heterocycles. The van der Waals surface area contributed by atoms with Crippen LogP contribution in [-0.2, 0) is 32.0 Å². The van der Waals surface area contributed by atoms with E-state index in [2.05, 4.69) is 22.5 Å². The first kappa shape index (κ1) is 43.6. The van der Waals surface area contributed by atoms with Crippen LogP contribution in [-0.4, -0.2) is 59.7 Å². The van der Waals surface area contributed by atoms with Gasteiger partial charge in [0.2, 0.25) is 5.88 Å². The van der Waals surface area contributed by atoms with Crippen LogP contribution in [0.5, 0.6) is 5.88 Å². The first-order chi connectivity index (χ1) is 24.4. The van der Waals surface area contributed by atoms with Crippen molar-refractivity contribution in [2.24, 2.45) is 7.05 Å². The highest BCUT2D eigenvalue weighted by molar-refractivity contribution is 7.40. The molecule has 1 N–H and O–H groups in total. The van der Waals surface area contributed by atoms with Gasteiger partial charge in [0.1, 0.15) is 23.9 Å². The summed E-state index contributed by atoms with van der Waals surface area (Å²) in [7, 11) is 1.12. The normalized spacial score (nSPS) is 13.7. The van der Waals surface area contributed by atoms with E-state index in [1.54, 1.807) is 18.2 Å². The number of nitriles is 2. The quantitative estimate of drug-likeness (QED) is 0.0599. The summed E-state index contributed by atoms with van der Waals surface area (Å²) in [5, 5.41) is 19.1. The number of hydrogen-bond acceptors (Lipinski definition) is 9. The Kier molecular flexibility index (Phi) is 23.7. The summed E-state index contributed by atoms with van der Waals surface area (Å²) in [5.41, 5.74) is 1.21. The molecule has 0 amide bonds. The van der Waals surface area contributed by atoms with E-state index >= 15 is 0 Å². The minimum absolute atomic E-state index is 0.0330. The van der Waals surface area contributed by atoms with Gasteiger partial charge < -0.3 is 32.7 Å². The molecule has 2 aromatic heterocycles. The summed E-state index contributed by atoms with van der Waals surface area (Å²) in [6.07, 6.45) is 21.4. The molecule has 0 radical (unpaired) electrons. The Morgan fingerprint density at radius 3 is 2.02 bits per heavy atom. The summed E-state index contributed by atoms with van der Waals surface area (Å²) >= 11 is 0. The van der Waals surface area contributed by atoms with Crippen LogP contribution in [0.15, 0.2) is 30.3 Å². The van der Waals surface area contributed by atoms with Crippen LogP contribution in [0.25, 0.3) is 0 Å². The van der Waals surface area contributed by atoms with Crippen LogP contribution in [0.4, 0.5) is 0 Å². The van der Waals surface area contributed by atoms with Gasteiger partial charge in [0, 0.05) is 38.2 Å². The standard InChI is InChI=1S/C39H63N4O6P/c1-5-6-7-8-9-10-11-12-13-14-15-16-17-18-19-20-28-46-30-37(49-38-23-21-22-35(29-40)42-38)31-47-50(44)48-33-39(32-41,45-4)27-26-36-25-24-34(2)43(36)3/h21-25,37,44H,5-20,26-28,30-31,33H2,1-4H3. The molecule has 10 nitrogen and oxygen atoms in total. The molecule has 0 fully saturated rings. The number of aryl methyl sites for hydroxylation is 2. The van der Waals surface area contributed by atoms with Crippen molar-refractivity contribution in [2.75, 3.05) is 33.5 Å². The minimum Gasteiger partial charge on any atom is -0.469 e. The Labute approximate surface area is 303 Å². The molecule has 2 heterocycles. The summed E-state index contributed by atoms with van der Waals surface area (Å²) in [4.78, 5) is 14.8. The molecule has 2 rings (SSSR count). The van der Waals surface area contributed by atoms with Crippen molar-refractivity contribution in [3.05, 3.63) is 47.4 Å². The zero-order valence-corrected chi connectivity index (χ0v) is 32.1. The van der Waals surface area contributed by atoms with E-state index in [0.717, 1.165) is 24.2 Å². The lowest BCUT2D eigenvalue weighted by Crippen LogP contribution is -2.35. The molecular formula is C39H63N4O6P. The fourth-order valence-corrected chi connectivity index (χ4v) is 6.44. The number of unbranched alkanes of at least 4 members (excludes halogenated alkanes) is 15. The highest BCUT2D eigenvalue weighted by atomic mass is 31.2. The molecule has 0 saturated carbocycles. The van der Waals surface area contributed by atoms with E-state index < -0.39 is 20.3 Å².